The number of unbranched alkanes of at least 4 members (excludes halogenated alkanes) is 2. The zero-order chi connectivity index (χ0) is 29.6. The van der Waals surface area contributed by atoms with Crippen molar-refractivity contribution in [3.05, 3.63) is 137 Å². The first kappa shape index (κ1) is 28.5. The van der Waals surface area contributed by atoms with Crippen molar-refractivity contribution >= 4 is 23.1 Å². The lowest BCUT2D eigenvalue weighted by atomic mass is 9.78. The van der Waals surface area contributed by atoms with Gasteiger partial charge in [0.25, 0.3) is 0 Å². The van der Waals surface area contributed by atoms with E-state index < -0.39 is 6.04 Å². The van der Waals surface area contributed by atoms with Crippen LogP contribution < -0.4 is 15.0 Å². The van der Waals surface area contributed by atoms with E-state index >= 15 is 0 Å². The Labute approximate surface area is 254 Å². The summed E-state index contributed by atoms with van der Waals surface area (Å²) in [4.78, 5) is 30.5. The number of para-hydroxylation sites is 3. The first-order chi connectivity index (χ1) is 21.1. The number of amides is 1. The molecule has 4 aromatic rings. The average Bonchev–Trinajstić information content (AvgIpc) is 3.19. The molecule has 1 heterocycles. The molecule has 0 saturated heterocycles. The van der Waals surface area contributed by atoms with Crippen molar-refractivity contribution in [2.75, 3.05) is 10.2 Å². The normalized spacial score (nSPS) is 17.9. The van der Waals surface area contributed by atoms with Crippen molar-refractivity contribution < 1.29 is 14.3 Å². The molecule has 2 atom stereocenters. The largest absolute Gasteiger partial charge is 0.489 e. The van der Waals surface area contributed by atoms with Crippen LogP contribution in [-0.2, 0) is 16.2 Å². The summed E-state index contributed by atoms with van der Waals surface area (Å²) in [6, 6.07) is 35.5. The maximum Gasteiger partial charge on any atom is 0.227 e. The van der Waals surface area contributed by atoms with Crippen LogP contribution in [0.1, 0.15) is 74.1 Å². The summed E-state index contributed by atoms with van der Waals surface area (Å²) in [5, 5.41) is 3.64. The van der Waals surface area contributed by atoms with Gasteiger partial charge in [-0.1, -0.05) is 111 Å². The van der Waals surface area contributed by atoms with Crippen LogP contribution in [-0.4, -0.2) is 11.7 Å². The molecule has 0 saturated carbocycles. The van der Waals surface area contributed by atoms with E-state index in [1.807, 2.05) is 102 Å². The minimum Gasteiger partial charge on any atom is -0.489 e. The Morgan fingerprint density at radius 2 is 1.53 bits per heavy atom. The Kier molecular flexibility index (Phi) is 8.69. The van der Waals surface area contributed by atoms with Gasteiger partial charge in [-0.2, -0.15) is 0 Å². The Morgan fingerprint density at radius 1 is 0.837 bits per heavy atom. The van der Waals surface area contributed by atoms with Gasteiger partial charge >= 0.3 is 0 Å². The summed E-state index contributed by atoms with van der Waals surface area (Å²) in [7, 11) is 0. The summed E-state index contributed by atoms with van der Waals surface area (Å²) in [5.41, 5.74) is 6.18. The Balaban J connectivity index is 1.49. The highest BCUT2D eigenvalue weighted by molar-refractivity contribution is 6.06. The van der Waals surface area contributed by atoms with E-state index in [2.05, 4.69) is 24.4 Å². The summed E-state index contributed by atoms with van der Waals surface area (Å²) < 4.78 is 6.44. The number of Topliss-reactive ketones (excluding diaryl/α,β-unsaturated/α-hetero) is 1. The Hall–Kier alpha value is -4.64. The minimum absolute atomic E-state index is 0.0114. The highest BCUT2D eigenvalue weighted by Gasteiger charge is 2.42. The lowest BCUT2D eigenvalue weighted by molar-refractivity contribution is -0.119. The molecule has 2 aliphatic rings. The molecular weight excluding hydrogens is 532 g/mol. The van der Waals surface area contributed by atoms with E-state index in [4.69, 9.17) is 4.74 Å². The molecule has 0 unspecified atom stereocenters. The number of rotatable bonds is 9. The fraction of sp³-hybridized carbons (Fsp3) is 0.263. The van der Waals surface area contributed by atoms with Gasteiger partial charge in [-0.3, -0.25) is 14.5 Å². The van der Waals surface area contributed by atoms with Crippen LogP contribution in [0, 0.1) is 0 Å². The van der Waals surface area contributed by atoms with Crippen molar-refractivity contribution in [2.24, 2.45) is 0 Å². The summed E-state index contributed by atoms with van der Waals surface area (Å²) >= 11 is 0. The number of ketones is 1. The zero-order valence-electron chi connectivity index (χ0n) is 24.7. The molecule has 0 bridgehead atoms. The van der Waals surface area contributed by atoms with Gasteiger partial charge in [0.1, 0.15) is 12.4 Å². The van der Waals surface area contributed by atoms with Gasteiger partial charge in [-0.25, -0.2) is 0 Å². The molecule has 5 heteroatoms. The van der Waals surface area contributed by atoms with E-state index in [1.165, 1.54) is 0 Å². The van der Waals surface area contributed by atoms with Gasteiger partial charge in [-0.05, 0) is 48.1 Å². The fourth-order valence-electron chi connectivity index (χ4n) is 6.34. The molecule has 1 N–H and O–H groups in total. The third-order valence-corrected chi connectivity index (χ3v) is 8.47. The van der Waals surface area contributed by atoms with E-state index in [-0.39, 0.29) is 17.6 Å². The van der Waals surface area contributed by atoms with Crippen LogP contribution in [0.15, 0.2) is 120 Å². The summed E-state index contributed by atoms with van der Waals surface area (Å²) in [5.74, 6) is 0.804. The van der Waals surface area contributed by atoms with Gasteiger partial charge in [-0.15, -0.1) is 0 Å². The van der Waals surface area contributed by atoms with Crippen LogP contribution in [0.5, 0.6) is 5.75 Å². The summed E-state index contributed by atoms with van der Waals surface area (Å²) in [6.07, 6.45) is 4.29. The number of carbonyl (C=O) groups is 2. The van der Waals surface area contributed by atoms with E-state index in [0.717, 1.165) is 53.0 Å². The lowest BCUT2D eigenvalue weighted by Crippen LogP contribution is -2.38. The predicted molar refractivity (Wildman–Crippen MR) is 172 cm³/mol. The van der Waals surface area contributed by atoms with Gasteiger partial charge < -0.3 is 10.1 Å². The molecule has 6 rings (SSSR count). The average molecular weight is 571 g/mol. The molecule has 43 heavy (non-hydrogen) atoms. The van der Waals surface area contributed by atoms with Gasteiger partial charge in [0.05, 0.1) is 17.4 Å². The van der Waals surface area contributed by atoms with Crippen LogP contribution in [0.25, 0.3) is 0 Å². The fourth-order valence-corrected chi connectivity index (χ4v) is 6.34. The number of carbonyl (C=O) groups excluding carboxylic acids is 2. The van der Waals surface area contributed by atoms with Crippen LogP contribution in [0.3, 0.4) is 0 Å². The van der Waals surface area contributed by atoms with Crippen LogP contribution >= 0.6 is 0 Å². The second-order valence-corrected chi connectivity index (χ2v) is 11.4. The molecule has 0 aromatic heterocycles. The second-order valence-electron chi connectivity index (χ2n) is 11.4. The number of ether oxygens (including phenoxy) is 1. The highest BCUT2D eigenvalue weighted by Crippen LogP contribution is 2.49. The zero-order valence-corrected chi connectivity index (χ0v) is 24.7. The molecule has 0 radical (unpaired) electrons. The third kappa shape index (κ3) is 6.12. The number of anilines is 2. The molecule has 1 aliphatic heterocycles. The topological polar surface area (TPSA) is 58.6 Å². The Morgan fingerprint density at radius 3 is 2.33 bits per heavy atom. The second kappa shape index (κ2) is 13.1. The standard InChI is InChI=1S/C38H38N2O3/c1-2-3-6-23-36(42)40-33-21-13-12-20-31(33)39-32-24-29(28-17-9-5-10-18-28)25-34(41)37(32)38(40)30-19-11-14-22-35(30)43-26-27-15-7-4-8-16-27/h4-5,7-22,29,38-39H,2-3,6,23-26H2,1H3/t29-,38+/m1/s1. The Bertz CT molecular complexity index is 1610. The predicted octanol–water partition coefficient (Wildman–Crippen LogP) is 8.75. The number of benzene rings is 4. The number of hydrogen-bond acceptors (Lipinski definition) is 4. The van der Waals surface area contributed by atoms with Crippen LogP contribution in [0.2, 0.25) is 0 Å². The smallest absolute Gasteiger partial charge is 0.227 e. The maximum atomic E-state index is 14.3. The van der Waals surface area contributed by atoms with E-state index in [1.54, 1.807) is 0 Å². The first-order valence-corrected chi connectivity index (χ1v) is 15.4. The number of hydrogen-bond donors (Lipinski definition) is 1. The molecule has 4 aromatic carbocycles. The SMILES string of the molecule is CCCCCC(=O)N1c2ccccc2NC2=C(C(=O)C[C@H](c3ccccc3)C2)[C@@H]1c1ccccc1OCc1ccccc1. The highest BCUT2D eigenvalue weighted by atomic mass is 16.5. The van der Waals surface area contributed by atoms with Crippen molar-refractivity contribution in [3.8, 4) is 5.75 Å². The first-order valence-electron chi connectivity index (χ1n) is 15.4. The quantitative estimate of drug-likeness (QED) is 0.204. The van der Waals surface area contributed by atoms with Gasteiger partial charge in [0, 0.05) is 29.7 Å². The molecule has 5 nitrogen and oxygen atoms in total. The maximum absolute atomic E-state index is 14.3. The number of nitrogens with zero attached hydrogens (tertiary/aromatic N) is 1. The van der Waals surface area contributed by atoms with Crippen molar-refractivity contribution in [3.63, 3.8) is 0 Å². The molecule has 218 valence electrons. The number of nitrogens with one attached hydrogen (secondary N) is 1. The van der Waals surface area contributed by atoms with Crippen molar-refractivity contribution in [2.45, 2.75) is 64.0 Å². The molecular formula is C38H38N2O3. The van der Waals surface area contributed by atoms with E-state index in [9.17, 15) is 9.59 Å². The monoisotopic (exact) mass is 570 g/mol. The summed E-state index contributed by atoms with van der Waals surface area (Å²) in [6.45, 7) is 2.53. The van der Waals surface area contributed by atoms with Crippen molar-refractivity contribution in [1.29, 1.82) is 0 Å². The molecule has 0 fully saturated rings. The van der Waals surface area contributed by atoms with Gasteiger partial charge in [0.2, 0.25) is 5.91 Å². The molecule has 1 aliphatic carbocycles. The van der Waals surface area contributed by atoms with Gasteiger partial charge in [0.15, 0.2) is 5.78 Å². The third-order valence-electron chi connectivity index (χ3n) is 8.47. The number of allylic oxidation sites excluding steroid dienone is 1. The number of fused-ring (bicyclic) bond motifs is 1. The molecule has 1 amide bonds. The van der Waals surface area contributed by atoms with Crippen molar-refractivity contribution in [1.82, 2.24) is 0 Å². The minimum atomic E-state index is -0.614. The molecule has 0 spiro atoms. The van der Waals surface area contributed by atoms with E-state index in [0.29, 0.717) is 37.2 Å². The van der Waals surface area contributed by atoms with Crippen LogP contribution in [0.4, 0.5) is 11.4 Å². The lowest BCUT2D eigenvalue weighted by Gasteiger charge is -2.36.